The van der Waals surface area contributed by atoms with Crippen LogP contribution in [0.4, 0.5) is 5.69 Å². The number of fused-ring (bicyclic) bond motifs is 1. The minimum absolute atomic E-state index is 0.294. The molecule has 7 rings (SSSR count). The Kier molecular flexibility index (Phi) is 4.95. The molecule has 1 spiro atoms. The van der Waals surface area contributed by atoms with E-state index in [-0.39, 0.29) is 0 Å². The average molecular weight is 498 g/mol. The second-order valence-corrected chi connectivity index (χ2v) is 11.7. The van der Waals surface area contributed by atoms with E-state index in [0.29, 0.717) is 11.3 Å². The zero-order valence-corrected chi connectivity index (χ0v) is 22.0. The number of hydrogen-bond donors (Lipinski definition) is 0. The van der Waals surface area contributed by atoms with E-state index in [4.69, 9.17) is 16.1 Å². The van der Waals surface area contributed by atoms with E-state index in [2.05, 4.69) is 72.1 Å². The van der Waals surface area contributed by atoms with Crippen LogP contribution in [0, 0.1) is 19.3 Å². The van der Waals surface area contributed by atoms with E-state index in [1.165, 1.54) is 59.0 Å². The van der Waals surface area contributed by atoms with Gasteiger partial charge in [0, 0.05) is 54.5 Å². The predicted octanol–water partition coefficient (Wildman–Crippen LogP) is 8.05. The minimum Gasteiger partial charge on any atom is -0.371 e. The lowest BCUT2D eigenvalue weighted by molar-refractivity contribution is 0.277. The molecule has 1 saturated heterocycles. The van der Waals surface area contributed by atoms with Gasteiger partial charge in [-0.15, -0.1) is 0 Å². The number of rotatable bonds is 4. The molecule has 1 saturated carbocycles. The highest BCUT2D eigenvalue weighted by Crippen LogP contribution is 2.56. The summed E-state index contributed by atoms with van der Waals surface area (Å²) in [5.41, 5.74) is 10.0. The molecule has 2 fully saturated rings. The number of aromatic nitrogens is 2. The van der Waals surface area contributed by atoms with Crippen molar-refractivity contribution in [2.45, 2.75) is 51.9 Å². The lowest BCUT2D eigenvalue weighted by Crippen LogP contribution is -2.42. The topological polar surface area (TPSA) is 34.2 Å². The number of anilines is 1. The SMILES string of the molecule is Cc1cccc(Cl)c1-c1noc(C2CC2)c1C1=CC2(CCN(c3ccc4c(C)cn(C)c4c3)CC2)C1. The molecule has 0 amide bonds. The summed E-state index contributed by atoms with van der Waals surface area (Å²) in [5, 5.41) is 6.68. The Balaban J connectivity index is 1.16. The fraction of sp³-hybridized carbons (Fsp3) is 0.387. The lowest BCUT2D eigenvalue weighted by atomic mass is 9.63. The zero-order chi connectivity index (χ0) is 24.6. The second kappa shape index (κ2) is 8.01. The van der Waals surface area contributed by atoms with Crippen LogP contribution in [-0.4, -0.2) is 22.8 Å². The maximum atomic E-state index is 6.66. The maximum absolute atomic E-state index is 6.66. The third-order valence-corrected chi connectivity index (χ3v) is 9.08. The predicted molar refractivity (Wildman–Crippen MR) is 148 cm³/mol. The van der Waals surface area contributed by atoms with E-state index in [1.807, 2.05) is 12.1 Å². The van der Waals surface area contributed by atoms with Crippen molar-refractivity contribution < 1.29 is 4.52 Å². The van der Waals surface area contributed by atoms with Gasteiger partial charge in [-0.1, -0.05) is 41.0 Å². The molecule has 0 unspecified atom stereocenters. The summed E-state index contributed by atoms with van der Waals surface area (Å²) >= 11 is 6.66. The highest BCUT2D eigenvalue weighted by Gasteiger charge is 2.44. The van der Waals surface area contributed by atoms with Crippen LogP contribution in [0.25, 0.3) is 27.7 Å². The average Bonchev–Trinajstić information content (AvgIpc) is 3.55. The van der Waals surface area contributed by atoms with Crippen molar-refractivity contribution in [3.63, 3.8) is 0 Å². The summed E-state index contributed by atoms with van der Waals surface area (Å²) in [6.07, 6.45) is 10.6. The van der Waals surface area contributed by atoms with Crippen LogP contribution in [0.3, 0.4) is 0 Å². The monoisotopic (exact) mass is 497 g/mol. The van der Waals surface area contributed by atoms with Crippen LogP contribution >= 0.6 is 11.6 Å². The minimum atomic E-state index is 0.294. The quantitative estimate of drug-likeness (QED) is 0.286. The molecule has 3 heterocycles. The summed E-state index contributed by atoms with van der Waals surface area (Å²) in [7, 11) is 2.14. The molecule has 0 radical (unpaired) electrons. The molecule has 0 bridgehead atoms. The fourth-order valence-corrected chi connectivity index (χ4v) is 6.83. The molecule has 0 atom stereocenters. The molecular weight excluding hydrogens is 466 g/mol. The van der Waals surface area contributed by atoms with Gasteiger partial charge in [-0.05, 0) is 86.3 Å². The van der Waals surface area contributed by atoms with Crippen molar-refractivity contribution in [1.29, 1.82) is 0 Å². The van der Waals surface area contributed by atoms with Crippen molar-refractivity contribution in [2.24, 2.45) is 12.5 Å². The van der Waals surface area contributed by atoms with E-state index < -0.39 is 0 Å². The molecule has 2 aliphatic carbocycles. The smallest absolute Gasteiger partial charge is 0.147 e. The number of halogens is 1. The third-order valence-electron chi connectivity index (χ3n) is 8.77. The van der Waals surface area contributed by atoms with Crippen LogP contribution in [-0.2, 0) is 7.05 Å². The van der Waals surface area contributed by atoms with Crippen molar-refractivity contribution in [3.8, 4) is 11.3 Å². The van der Waals surface area contributed by atoms with Crippen LogP contribution in [0.2, 0.25) is 5.02 Å². The Hall–Kier alpha value is -2.98. The lowest BCUT2D eigenvalue weighted by Gasteiger charge is -2.47. The molecule has 184 valence electrons. The van der Waals surface area contributed by atoms with Crippen molar-refractivity contribution >= 4 is 33.8 Å². The molecule has 0 N–H and O–H groups in total. The van der Waals surface area contributed by atoms with Gasteiger partial charge in [-0.3, -0.25) is 0 Å². The van der Waals surface area contributed by atoms with Gasteiger partial charge in [0.05, 0.1) is 10.5 Å². The number of aryl methyl sites for hydroxylation is 3. The Morgan fingerprint density at radius 3 is 2.53 bits per heavy atom. The van der Waals surface area contributed by atoms with Gasteiger partial charge >= 0.3 is 0 Å². The molecule has 36 heavy (non-hydrogen) atoms. The first kappa shape index (κ1) is 22.2. The summed E-state index contributed by atoms with van der Waals surface area (Å²) in [6.45, 7) is 6.48. The van der Waals surface area contributed by atoms with E-state index >= 15 is 0 Å². The maximum Gasteiger partial charge on any atom is 0.147 e. The van der Waals surface area contributed by atoms with Gasteiger partial charge in [0.2, 0.25) is 0 Å². The highest BCUT2D eigenvalue weighted by molar-refractivity contribution is 6.33. The summed E-state index contributed by atoms with van der Waals surface area (Å²) in [5.74, 6) is 1.59. The van der Waals surface area contributed by atoms with Crippen molar-refractivity contribution in [2.75, 3.05) is 18.0 Å². The second-order valence-electron chi connectivity index (χ2n) is 11.3. The Morgan fingerprint density at radius 1 is 1.03 bits per heavy atom. The molecule has 4 nitrogen and oxygen atoms in total. The van der Waals surface area contributed by atoms with Crippen LogP contribution < -0.4 is 4.90 Å². The molecule has 2 aromatic carbocycles. The zero-order valence-electron chi connectivity index (χ0n) is 21.3. The van der Waals surface area contributed by atoms with Crippen molar-refractivity contribution in [1.82, 2.24) is 9.72 Å². The van der Waals surface area contributed by atoms with Crippen LogP contribution in [0.5, 0.6) is 0 Å². The van der Waals surface area contributed by atoms with Gasteiger partial charge in [0.15, 0.2) is 0 Å². The number of allylic oxidation sites excluding steroid dienone is 2. The Labute approximate surface area is 217 Å². The fourth-order valence-electron chi connectivity index (χ4n) is 6.52. The number of hydrogen-bond acceptors (Lipinski definition) is 3. The first-order valence-electron chi connectivity index (χ1n) is 13.2. The molecule has 4 aromatic rings. The molecule has 3 aliphatic rings. The van der Waals surface area contributed by atoms with E-state index in [0.717, 1.165) is 47.1 Å². The molecule has 5 heteroatoms. The first-order chi connectivity index (χ1) is 17.4. The van der Waals surface area contributed by atoms with Gasteiger partial charge in [-0.2, -0.15) is 0 Å². The normalized spacial score (nSPS) is 19.1. The summed E-state index contributed by atoms with van der Waals surface area (Å²) < 4.78 is 8.22. The number of piperidine rings is 1. The van der Waals surface area contributed by atoms with Gasteiger partial charge < -0.3 is 14.0 Å². The largest absolute Gasteiger partial charge is 0.371 e. The summed E-state index contributed by atoms with van der Waals surface area (Å²) in [4.78, 5) is 2.56. The van der Waals surface area contributed by atoms with E-state index in [1.54, 1.807) is 0 Å². The first-order valence-corrected chi connectivity index (χ1v) is 13.6. The molecular formula is C31H32ClN3O. The number of nitrogens with zero attached hydrogens (tertiary/aromatic N) is 3. The Morgan fingerprint density at radius 2 is 1.81 bits per heavy atom. The van der Waals surface area contributed by atoms with Gasteiger partial charge in [0.25, 0.3) is 0 Å². The van der Waals surface area contributed by atoms with Gasteiger partial charge in [-0.25, -0.2) is 0 Å². The summed E-state index contributed by atoms with van der Waals surface area (Å²) in [6, 6.07) is 13.0. The van der Waals surface area contributed by atoms with Crippen LogP contribution in [0.1, 0.15) is 60.5 Å². The van der Waals surface area contributed by atoms with Crippen molar-refractivity contribution in [3.05, 3.63) is 76.1 Å². The standard InChI is InChI=1S/C31H32ClN3O/c1-19-5-4-6-25(32)27(19)29-28(30(36-33-29)21-7-8-21)22-16-31(17-22)11-13-35(14-12-31)23-9-10-24-20(2)18-34(3)26(24)15-23/h4-6,9-10,15-16,18,21H,7-8,11-14,17H2,1-3H3. The van der Waals surface area contributed by atoms with E-state index in [9.17, 15) is 0 Å². The molecule has 1 aliphatic heterocycles. The van der Waals surface area contributed by atoms with Crippen LogP contribution in [0.15, 0.2) is 53.2 Å². The highest BCUT2D eigenvalue weighted by atomic mass is 35.5. The van der Waals surface area contributed by atoms with Gasteiger partial charge in [0.1, 0.15) is 11.5 Å². The Bertz CT molecular complexity index is 1510. The third kappa shape index (κ3) is 3.45. The molecule has 2 aromatic heterocycles. The number of benzene rings is 2.